The second-order valence-corrected chi connectivity index (χ2v) is 19.6. The Morgan fingerprint density at radius 3 is 1.42 bits per heavy atom. The fourth-order valence-electron chi connectivity index (χ4n) is 12.5. The van der Waals surface area contributed by atoms with Crippen molar-refractivity contribution in [2.24, 2.45) is 0 Å². The van der Waals surface area contributed by atoms with Crippen molar-refractivity contribution >= 4 is 49.6 Å². The number of para-hydroxylation sites is 1. The van der Waals surface area contributed by atoms with E-state index in [2.05, 4.69) is 289 Å². The maximum absolute atomic E-state index is 2.48. The first-order chi connectivity index (χ1) is 36.2. The summed E-state index contributed by atoms with van der Waals surface area (Å²) in [4.78, 5) is 2.43. The SMILES string of the molecule is c1ccc(-c2ccc(N(c3ccc(-c4cccc(-c5ccc6c7ccccc7n(-c7ccc8ccccc8c7)c6c5)c4)cc3)c3ccc4c(c3)C3(c5ccccc5-c5ccccc53)c3ccccc3-4)cc2)cc1. The molecule has 0 atom stereocenters. The Kier molecular flexibility index (Phi) is 9.21. The van der Waals surface area contributed by atoms with Gasteiger partial charge in [0.1, 0.15) is 0 Å². The van der Waals surface area contributed by atoms with Crippen molar-refractivity contribution in [1.82, 2.24) is 4.57 Å². The minimum Gasteiger partial charge on any atom is -0.310 e. The van der Waals surface area contributed by atoms with Crippen LogP contribution in [0.3, 0.4) is 0 Å². The monoisotopic (exact) mass is 926 g/mol. The van der Waals surface area contributed by atoms with Crippen LogP contribution in [-0.2, 0) is 5.41 Å². The second kappa shape index (κ2) is 16.3. The lowest BCUT2D eigenvalue weighted by atomic mass is 9.70. The van der Waals surface area contributed by atoms with E-state index in [1.165, 1.54) is 110 Å². The third-order valence-electron chi connectivity index (χ3n) is 15.8. The van der Waals surface area contributed by atoms with Crippen LogP contribution in [0.2, 0.25) is 0 Å². The average molecular weight is 927 g/mol. The fourth-order valence-corrected chi connectivity index (χ4v) is 12.5. The molecule has 1 spiro atoms. The van der Waals surface area contributed by atoms with E-state index in [0.29, 0.717) is 0 Å². The average Bonchev–Trinajstić information content (AvgIpc) is 4.07. The van der Waals surface area contributed by atoms with Crippen molar-refractivity contribution in [1.29, 1.82) is 0 Å². The number of anilines is 3. The van der Waals surface area contributed by atoms with E-state index >= 15 is 0 Å². The molecule has 2 aliphatic carbocycles. The van der Waals surface area contributed by atoms with Gasteiger partial charge >= 0.3 is 0 Å². The normalized spacial score (nSPS) is 12.8. The largest absolute Gasteiger partial charge is 0.310 e. The molecule has 0 unspecified atom stereocenters. The van der Waals surface area contributed by atoms with Crippen molar-refractivity contribution in [2.75, 3.05) is 4.90 Å². The van der Waals surface area contributed by atoms with Crippen LogP contribution in [0.1, 0.15) is 22.3 Å². The van der Waals surface area contributed by atoms with Crippen molar-refractivity contribution in [3.8, 4) is 61.3 Å². The topological polar surface area (TPSA) is 8.17 Å². The molecule has 1 heterocycles. The molecular formula is C71H46N2. The summed E-state index contributed by atoms with van der Waals surface area (Å²) in [6, 6.07) is 103. The van der Waals surface area contributed by atoms with Crippen molar-refractivity contribution in [3.63, 3.8) is 0 Å². The van der Waals surface area contributed by atoms with E-state index in [4.69, 9.17) is 0 Å². The zero-order valence-corrected chi connectivity index (χ0v) is 40.0. The van der Waals surface area contributed by atoms with E-state index < -0.39 is 5.41 Å². The lowest BCUT2D eigenvalue weighted by molar-refractivity contribution is 0.793. The molecule has 1 aromatic heterocycles. The van der Waals surface area contributed by atoms with Crippen LogP contribution in [0.15, 0.2) is 279 Å². The van der Waals surface area contributed by atoms with Crippen molar-refractivity contribution < 1.29 is 0 Å². The lowest BCUT2D eigenvalue weighted by Crippen LogP contribution is -2.26. The van der Waals surface area contributed by atoms with E-state index in [-0.39, 0.29) is 0 Å². The van der Waals surface area contributed by atoms with Gasteiger partial charge in [-0.1, -0.05) is 212 Å². The summed E-state index contributed by atoms with van der Waals surface area (Å²) in [6.45, 7) is 0. The maximum Gasteiger partial charge on any atom is 0.0726 e. The number of nitrogens with zero attached hydrogens (tertiary/aromatic N) is 2. The van der Waals surface area contributed by atoms with Gasteiger partial charge in [-0.3, -0.25) is 0 Å². The molecule has 0 amide bonds. The molecule has 0 radical (unpaired) electrons. The minimum atomic E-state index is -0.440. The zero-order valence-electron chi connectivity index (χ0n) is 40.0. The van der Waals surface area contributed by atoms with Crippen LogP contribution in [0, 0.1) is 0 Å². The van der Waals surface area contributed by atoms with Gasteiger partial charge in [-0.2, -0.15) is 0 Å². The van der Waals surface area contributed by atoms with E-state index in [0.717, 1.165) is 22.7 Å². The van der Waals surface area contributed by atoms with Crippen LogP contribution in [0.25, 0.3) is 93.9 Å². The summed E-state index contributed by atoms with van der Waals surface area (Å²) >= 11 is 0. The van der Waals surface area contributed by atoms with Gasteiger partial charge in [0.15, 0.2) is 0 Å². The summed E-state index contributed by atoms with van der Waals surface area (Å²) in [5.74, 6) is 0. The highest BCUT2D eigenvalue weighted by Gasteiger charge is 2.51. The fraction of sp³-hybridized carbons (Fsp3) is 0.0141. The standard InChI is InChI=1S/C71H46N2/c1-2-15-47(16-3-1)49-29-35-55(36-30-49)72(58-40-42-62-61-23-8-12-27-67(61)71(68(62)46-58)65-25-10-6-21-59(65)60-22-7-11-26-66(60)71)56-37-31-50(32-38-56)51-19-14-20-52(43-51)54-34-41-64-63-24-9-13-28-69(63)73(70(64)45-54)57-39-33-48-17-4-5-18-53(48)44-57/h1-46H. The van der Waals surface area contributed by atoms with Gasteiger partial charge in [0, 0.05) is 33.5 Å². The molecule has 0 fully saturated rings. The molecule has 0 saturated carbocycles. The molecule has 2 heteroatoms. The Morgan fingerprint density at radius 1 is 0.260 bits per heavy atom. The first-order valence-electron chi connectivity index (χ1n) is 25.3. The van der Waals surface area contributed by atoms with Gasteiger partial charge in [-0.15, -0.1) is 0 Å². The number of rotatable bonds is 7. The van der Waals surface area contributed by atoms with Crippen molar-refractivity contribution in [3.05, 3.63) is 301 Å². The molecule has 2 aliphatic rings. The Bertz CT molecular complexity index is 4250. The molecular weight excluding hydrogens is 881 g/mol. The highest BCUT2D eigenvalue weighted by Crippen LogP contribution is 2.63. The minimum absolute atomic E-state index is 0.440. The highest BCUT2D eigenvalue weighted by atomic mass is 15.1. The summed E-state index contributed by atoms with van der Waals surface area (Å²) in [6.07, 6.45) is 0. The van der Waals surface area contributed by atoms with Gasteiger partial charge in [-0.25, -0.2) is 0 Å². The Morgan fingerprint density at radius 2 is 0.740 bits per heavy atom. The zero-order chi connectivity index (χ0) is 48.0. The van der Waals surface area contributed by atoms with Gasteiger partial charge in [0.05, 0.1) is 16.4 Å². The summed E-state index contributed by atoms with van der Waals surface area (Å²) in [5.41, 5.74) is 24.1. The molecule has 73 heavy (non-hydrogen) atoms. The number of fused-ring (bicyclic) bond motifs is 14. The number of aromatic nitrogens is 1. The highest BCUT2D eigenvalue weighted by molar-refractivity contribution is 6.10. The first kappa shape index (κ1) is 41.3. The van der Waals surface area contributed by atoms with Crippen LogP contribution in [0.4, 0.5) is 17.1 Å². The summed E-state index contributed by atoms with van der Waals surface area (Å²) in [5, 5.41) is 4.98. The van der Waals surface area contributed by atoms with Gasteiger partial charge in [0.25, 0.3) is 0 Å². The maximum atomic E-state index is 2.48. The second-order valence-electron chi connectivity index (χ2n) is 19.6. The van der Waals surface area contributed by atoms with Gasteiger partial charge in [0.2, 0.25) is 0 Å². The molecule has 12 aromatic carbocycles. The third-order valence-corrected chi connectivity index (χ3v) is 15.8. The Hall–Kier alpha value is -9.50. The molecule has 0 N–H and O–H groups in total. The molecule has 0 saturated heterocycles. The molecule has 0 aliphatic heterocycles. The Balaban J connectivity index is 0.840. The number of hydrogen-bond acceptors (Lipinski definition) is 1. The van der Waals surface area contributed by atoms with E-state index in [1.807, 2.05) is 0 Å². The summed E-state index contributed by atoms with van der Waals surface area (Å²) in [7, 11) is 0. The molecule has 0 bridgehead atoms. The third kappa shape index (κ3) is 6.30. The van der Waals surface area contributed by atoms with E-state index in [9.17, 15) is 0 Å². The van der Waals surface area contributed by atoms with E-state index in [1.54, 1.807) is 0 Å². The number of benzene rings is 12. The molecule has 13 aromatic rings. The quantitative estimate of drug-likeness (QED) is 0.155. The lowest BCUT2D eigenvalue weighted by Gasteiger charge is -2.32. The predicted molar refractivity (Wildman–Crippen MR) is 306 cm³/mol. The van der Waals surface area contributed by atoms with Gasteiger partial charge < -0.3 is 9.47 Å². The summed E-state index contributed by atoms with van der Waals surface area (Å²) < 4.78 is 2.43. The molecule has 15 rings (SSSR count). The van der Waals surface area contributed by atoms with Gasteiger partial charge in [-0.05, 0) is 155 Å². The first-order valence-corrected chi connectivity index (χ1v) is 25.3. The van der Waals surface area contributed by atoms with Crippen molar-refractivity contribution in [2.45, 2.75) is 5.41 Å². The molecule has 2 nitrogen and oxygen atoms in total. The molecule has 340 valence electrons. The van der Waals surface area contributed by atoms with Crippen LogP contribution in [-0.4, -0.2) is 4.57 Å². The van der Waals surface area contributed by atoms with Crippen LogP contribution >= 0.6 is 0 Å². The predicted octanol–water partition coefficient (Wildman–Crippen LogP) is 18.8. The number of hydrogen-bond donors (Lipinski definition) is 0. The van der Waals surface area contributed by atoms with Crippen LogP contribution in [0.5, 0.6) is 0 Å². The Labute approximate surface area is 425 Å². The van der Waals surface area contributed by atoms with Crippen LogP contribution < -0.4 is 4.90 Å². The smallest absolute Gasteiger partial charge is 0.0726 e.